The number of rotatable bonds is 9. The standard InChI is InChI=1S/C26H27Cl2N3O5S/c1-2-35-22-8-6-20(7-9-22)29-37(33,34)23-10-11-25(24(28)17-23)36-18-26(32)31-14-12-30(13-15-31)21-5-3-4-19(27)16-21/h3-11,16-17,29H,2,12-15,18H2,1H3. The highest BCUT2D eigenvalue weighted by molar-refractivity contribution is 7.92. The number of nitrogens with one attached hydrogen (secondary N) is 1. The molecular weight excluding hydrogens is 537 g/mol. The third-order valence-electron chi connectivity index (χ3n) is 5.79. The molecule has 3 aromatic rings. The molecule has 0 aliphatic carbocycles. The van der Waals surface area contributed by atoms with E-state index in [0.29, 0.717) is 49.2 Å². The van der Waals surface area contributed by atoms with Crippen molar-refractivity contribution >= 4 is 50.5 Å². The Hall–Kier alpha value is -3.14. The molecule has 0 spiro atoms. The summed E-state index contributed by atoms with van der Waals surface area (Å²) in [6.07, 6.45) is 0. The van der Waals surface area contributed by atoms with Gasteiger partial charge in [-0.25, -0.2) is 8.42 Å². The molecule has 1 N–H and O–H groups in total. The Labute approximate surface area is 226 Å². The van der Waals surface area contributed by atoms with Crippen LogP contribution in [-0.4, -0.2) is 58.6 Å². The number of nitrogens with zero attached hydrogens (tertiary/aromatic N) is 2. The van der Waals surface area contributed by atoms with Crippen LogP contribution in [-0.2, 0) is 14.8 Å². The van der Waals surface area contributed by atoms with Gasteiger partial charge >= 0.3 is 0 Å². The first kappa shape index (κ1) is 26.9. The SMILES string of the molecule is CCOc1ccc(NS(=O)(=O)c2ccc(OCC(=O)N3CCN(c4cccc(Cl)c4)CC3)c(Cl)c2)cc1. The summed E-state index contributed by atoms with van der Waals surface area (Å²) in [5.74, 6) is 0.704. The minimum Gasteiger partial charge on any atom is -0.494 e. The van der Waals surface area contributed by atoms with E-state index < -0.39 is 10.0 Å². The van der Waals surface area contributed by atoms with Crippen LogP contribution < -0.4 is 19.1 Å². The smallest absolute Gasteiger partial charge is 0.261 e. The Kier molecular flexibility index (Phi) is 8.68. The molecule has 37 heavy (non-hydrogen) atoms. The second-order valence-corrected chi connectivity index (χ2v) is 10.8. The van der Waals surface area contributed by atoms with E-state index >= 15 is 0 Å². The van der Waals surface area contributed by atoms with Crippen molar-refractivity contribution in [2.45, 2.75) is 11.8 Å². The first-order valence-corrected chi connectivity index (χ1v) is 14.0. The average Bonchev–Trinajstić information content (AvgIpc) is 2.89. The highest BCUT2D eigenvalue weighted by Gasteiger charge is 2.22. The quantitative estimate of drug-likeness (QED) is 0.397. The van der Waals surface area contributed by atoms with Crippen molar-refractivity contribution in [1.29, 1.82) is 0 Å². The molecular formula is C26H27Cl2N3O5S. The number of piperazine rings is 1. The van der Waals surface area contributed by atoms with Crippen LogP contribution in [0.3, 0.4) is 0 Å². The number of ether oxygens (including phenoxy) is 2. The van der Waals surface area contributed by atoms with Gasteiger partial charge in [-0.15, -0.1) is 0 Å². The number of halogens is 2. The maximum absolute atomic E-state index is 12.8. The number of carbonyl (C=O) groups is 1. The number of benzene rings is 3. The Morgan fingerprint density at radius 2 is 1.68 bits per heavy atom. The first-order chi connectivity index (χ1) is 17.7. The van der Waals surface area contributed by atoms with Crippen LogP contribution in [0.5, 0.6) is 11.5 Å². The molecule has 0 saturated carbocycles. The summed E-state index contributed by atoms with van der Waals surface area (Å²) in [5.41, 5.74) is 1.41. The molecule has 1 aliphatic rings. The number of hydrogen-bond acceptors (Lipinski definition) is 6. The van der Waals surface area contributed by atoms with Gasteiger partial charge in [0.05, 0.1) is 16.5 Å². The predicted octanol–water partition coefficient (Wildman–Crippen LogP) is 4.92. The molecule has 0 radical (unpaired) electrons. The number of carbonyl (C=O) groups excluding carboxylic acids is 1. The highest BCUT2D eigenvalue weighted by Crippen LogP contribution is 2.29. The van der Waals surface area contributed by atoms with Gasteiger partial charge < -0.3 is 19.3 Å². The molecule has 0 unspecified atom stereocenters. The van der Waals surface area contributed by atoms with E-state index in [-0.39, 0.29) is 28.2 Å². The van der Waals surface area contributed by atoms with Crippen molar-refractivity contribution in [2.24, 2.45) is 0 Å². The zero-order valence-electron chi connectivity index (χ0n) is 20.2. The number of amides is 1. The molecule has 0 atom stereocenters. The van der Waals surface area contributed by atoms with E-state index in [9.17, 15) is 13.2 Å². The number of sulfonamides is 1. The summed E-state index contributed by atoms with van der Waals surface area (Å²) in [6.45, 7) is 4.65. The van der Waals surface area contributed by atoms with E-state index in [2.05, 4.69) is 9.62 Å². The molecule has 11 heteroatoms. The zero-order chi connectivity index (χ0) is 26.4. The molecule has 0 aromatic heterocycles. The van der Waals surface area contributed by atoms with Gasteiger partial charge in [-0.3, -0.25) is 9.52 Å². The lowest BCUT2D eigenvalue weighted by atomic mass is 10.2. The predicted molar refractivity (Wildman–Crippen MR) is 146 cm³/mol. The van der Waals surface area contributed by atoms with Gasteiger partial charge in [0.2, 0.25) is 0 Å². The number of hydrogen-bond donors (Lipinski definition) is 1. The average molecular weight is 564 g/mol. The van der Waals surface area contributed by atoms with E-state index in [1.165, 1.54) is 18.2 Å². The van der Waals surface area contributed by atoms with Gasteiger partial charge in [-0.05, 0) is 67.6 Å². The van der Waals surface area contributed by atoms with E-state index in [1.807, 2.05) is 31.2 Å². The van der Waals surface area contributed by atoms with Crippen LogP contribution in [0.15, 0.2) is 71.6 Å². The first-order valence-electron chi connectivity index (χ1n) is 11.7. The van der Waals surface area contributed by atoms with Crippen LogP contribution in [0.25, 0.3) is 0 Å². The molecule has 1 saturated heterocycles. The lowest BCUT2D eigenvalue weighted by molar-refractivity contribution is -0.133. The molecule has 3 aromatic carbocycles. The van der Waals surface area contributed by atoms with Crippen LogP contribution in [0.2, 0.25) is 10.0 Å². The van der Waals surface area contributed by atoms with Crippen molar-refractivity contribution < 1.29 is 22.7 Å². The normalized spacial score (nSPS) is 13.8. The minimum atomic E-state index is -3.88. The third-order valence-corrected chi connectivity index (χ3v) is 7.70. The fourth-order valence-electron chi connectivity index (χ4n) is 3.88. The summed E-state index contributed by atoms with van der Waals surface area (Å²) in [7, 11) is -3.88. The zero-order valence-corrected chi connectivity index (χ0v) is 22.5. The second-order valence-electron chi connectivity index (χ2n) is 8.29. The summed E-state index contributed by atoms with van der Waals surface area (Å²) in [5, 5.41) is 0.764. The van der Waals surface area contributed by atoms with Crippen molar-refractivity contribution in [3.05, 3.63) is 76.8 Å². The Morgan fingerprint density at radius 1 is 0.946 bits per heavy atom. The van der Waals surface area contributed by atoms with Crippen molar-refractivity contribution in [1.82, 2.24) is 4.90 Å². The molecule has 1 fully saturated rings. The number of anilines is 2. The second kappa shape index (κ2) is 11.9. The molecule has 0 bridgehead atoms. The highest BCUT2D eigenvalue weighted by atomic mass is 35.5. The van der Waals surface area contributed by atoms with Gasteiger partial charge in [0.1, 0.15) is 11.5 Å². The van der Waals surface area contributed by atoms with Gasteiger partial charge in [0.25, 0.3) is 15.9 Å². The van der Waals surface area contributed by atoms with Gasteiger partial charge in [-0.1, -0.05) is 29.3 Å². The molecule has 196 valence electrons. The van der Waals surface area contributed by atoms with Gasteiger partial charge in [0, 0.05) is 42.6 Å². The van der Waals surface area contributed by atoms with Crippen LogP contribution >= 0.6 is 23.2 Å². The van der Waals surface area contributed by atoms with E-state index in [1.54, 1.807) is 29.2 Å². The Bertz CT molecular complexity index is 1340. The molecule has 8 nitrogen and oxygen atoms in total. The Morgan fingerprint density at radius 3 is 2.32 bits per heavy atom. The van der Waals surface area contributed by atoms with Crippen molar-refractivity contribution in [3.8, 4) is 11.5 Å². The Balaban J connectivity index is 1.31. The monoisotopic (exact) mass is 563 g/mol. The van der Waals surface area contributed by atoms with Crippen LogP contribution in [0.1, 0.15) is 6.92 Å². The van der Waals surface area contributed by atoms with Crippen molar-refractivity contribution in [2.75, 3.05) is 49.0 Å². The lowest BCUT2D eigenvalue weighted by Crippen LogP contribution is -2.50. The van der Waals surface area contributed by atoms with Crippen molar-refractivity contribution in [3.63, 3.8) is 0 Å². The fraction of sp³-hybridized carbons (Fsp3) is 0.269. The maximum Gasteiger partial charge on any atom is 0.261 e. The fourth-order valence-corrected chi connectivity index (χ4v) is 5.45. The maximum atomic E-state index is 12.8. The lowest BCUT2D eigenvalue weighted by Gasteiger charge is -2.36. The van der Waals surface area contributed by atoms with Crippen LogP contribution in [0, 0.1) is 0 Å². The molecule has 1 amide bonds. The van der Waals surface area contributed by atoms with Gasteiger partial charge in [-0.2, -0.15) is 0 Å². The van der Waals surface area contributed by atoms with E-state index in [0.717, 1.165) is 5.69 Å². The summed E-state index contributed by atoms with van der Waals surface area (Å²) < 4.78 is 39.1. The summed E-state index contributed by atoms with van der Waals surface area (Å²) in [6, 6.07) is 18.3. The molecule has 4 rings (SSSR count). The van der Waals surface area contributed by atoms with Gasteiger partial charge in [0.15, 0.2) is 6.61 Å². The molecule has 1 aliphatic heterocycles. The minimum absolute atomic E-state index is 0.0257. The van der Waals surface area contributed by atoms with E-state index in [4.69, 9.17) is 32.7 Å². The topological polar surface area (TPSA) is 88.2 Å². The summed E-state index contributed by atoms with van der Waals surface area (Å²) in [4.78, 5) is 16.6. The third kappa shape index (κ3) is 7.00. The summed E-state index contributed by atoms with van der Waals surface area (Å²) >= 11 is 12.4. The molecule has 1 heterocycles. The largest absolute Gasteiger partial charge is 0.494 e. The van der Waals surface area contributed by atoms with Crippen LogP contribution in [0.4, 0.5) is 11.4 Å².